The highest BCUT2D eigenvalue weighted by molar-refractivity contribution is 4.76. The molecule has 0 unspecified atom stereocenters. The fourth-order valence-corrected chi connectivity index (χ4v) is 2.94. The minimum absolute atomic E-state index is 0.708. The van der Waals surface area contributed by atoms with Gasteiger partial charge in [-0.3, -0.25) is 0 Å². The summed E-state index contributed by atoms with van der Waals surface area (Å²) >= 11 is 0. The molecule has 19 heavy (non-hydrogen) atoms. The second-order valence-corrected chi connectivity index (χ2v) is 5.77. The monoisotopic (exact) mass is 271 g/mol. The maximum absolute atomic E-state index is 5.45. The summed E-state index contributed by atoms with van der Waals surface area (Å²) in [6, 6.07) is 0.780. The molecule has 0 atom stereocenters. The Morgan fingerprint density at radius 2 is 1.79 bits per heavy atom. The number of hydrogen-bond donors (Lipinski definition) is 1. The van der Waals surface area contributed by atoms with Gasteiger partial charge in [-0.15, -0.1) is 0 Å². The van der Waals surface area contributed by atoms with Crippen molar-refractivity contribution >= 4 is 0 Å². The van der Waals surface area contributed by atoms with Gasteiger partial charge < -0.3 is 14.8 Å². The lowest BCUT2D eigenvalue weighted by Gasteiger charge is -2.29. The quantitative estimate of drug-likeness (QED) is 0.584. The normalized spacial score (nSPS) is 23.7. The van der Waals surface area contributed by atoms with E-state index in [0.717, 1.165) is 38.1 Å². The van der Waals surface area contributed by atoms with Crippen LogP contribution in [0.2, 0.25) is 0 Å². The van der Waals surface area contributed by atoms with Crippen LogP contribution >= 0.6 is 0 Å². The fourth-order valence-electron chi connectivity index (χ4n) is 2.94. The van der Waals surface area contributed by atoms with Crippen molar-refractivity contribution < 1.29 is 9.47 Å². The molecular formula is C16H33NO2. The van der Waals surface area contributed by atoms with Crippen LogP contribution in [0.15, 0.2) is 0 Å². The van der Waals surface area contributed by atoms with Gasteiger partial charge >= 0.3 is 0 Å². The zero-order valence-corrected chi connectivity index (χ0v) is 13.0. The highest BCUT2D eigenvalue weighted by Gasteiger charge is 2.19. The molecule has 0 radical (unpaired) electrons. The molecule has 0 bridgehead atoms. The van der Waals surface area contributed by atoms with Crippen molar-refractivity contribution in [2.75, 3.05) is 33.5 Å². The Balaban J connectivity index is 1.85. The van der Waals surface area contributed by atoms with E-state index in [1.165, 1.54) is 44.9 Å². The molecule has 1 saturated carbocycles. The molecule has 0 aromatic heterocycles. The fraction of sp³-hybridized carbons (Fsp3) is 1.00. The van der Waals surface area contributed by atoms with Crippen molar-refractivity contribution in [1.82, 2.24) is 5.32 Å². The van der Waals surface area contributed by atoms with Gasteiger partial charge in [0.25, 0.3) is 0 Å². The van der Waals surface area contributed by atoms with Gasteiger partial charge in [-0.2, -0.15) is 0 Å². The van der Waals surface area contributed by atoms with E-state index in [4.69, 9.17) is 9.47 Å². The third-order valence-corrected chi connectivity index (χ3v) is 4.12. The van der Waals surface area contributed by atoms with Gasteiger partial charge in [-0.1, -0.05) is 19.8 Å². The molecule has 1 aliphatic rings. The van der Waals surface area contributed by atoms with E-state index in [-0.39, 0.29) is 0 Å². The molecular weight excluding hydrogens is 238 g/mol. The minimum atomic E-state index is 0.708. The van der Waals surface area contributed by atoms with Crippen LogP contribution in [0.4, 0.5) is 0 Å². The van der Waals surface area contributed by atoms with Crippen LogP contribution in [-0.2, 0) is 9.47 Å². The van der Waals surface area contributed by atoms with Gasteiger partial charge in [-0.25, -0.2) is 0 Å². The van der Waals surface area contributed by atoms with Crippen molar-refractivity contribution in [3.05, 3.63) is 0 Å². The second kappa shape index (κ2) is 11.7. The molecule has 1 N–H and O–H groups in total. The van der Waals surface area contributed by atoms with Crippen molar-refractivity contribution in [3.8, 4) is 0 Å². The lowest BCUT2D eigenvalue weighted by Crippen LogP contribution is -2.33. The number of rotatable bonds is 11. The predicted molar refractivity (Wildman–Crippen MR) is 80.6 cm³/mol. The lowest BCUT2D eigenvalue weighted by atomic mass is 9.83. The summed E-state index contributed by atoms with van der Waals surface area (Å²) in [6.07, 6.45) is 10.8. The average Bonchev–Trinajstić information content (AvgIpc) is 2.44. The molecule has 3 nitrogen and oxygen atoms in total. The smallest absolute Gasteiger partial charge is 0.0700 e. The Morgan fingerprint density at radius 3 is 2.47 bits per heavy atom. The molecule has 1 fully saturated rings. The maximum atomic E-state index is 5.45. The first-order valence-electron chi connectivity index (χ1n) is 8.16. The summed E-state index contributed by atoms with van der Waals surface area (Å²) in [7, 11) is 1.71. The second-order valence-electron chi connectivity index (χ2n) is 5.77. The lowest BCUT2D eigenvalue weighted by molar-refractivity contribution is 0.0687. The van der Waals surface area contributed by atoms with E-state index >= 15 is 0 Å². The zero-order chi connectivity index (χ0) is 13.8. The van der Waals surface area contributed by atoms with Crippen molar-refractivity contribution in [2.24, 2.45) is 5.92 Å². The standard InChI is InChI=1S/C16H33NO2/c1-3-6-15-7-9-16(10-8-15)17-11-4-5-12-19-14-13-18-2/h15-17H,3-14H2,1-2H3. The van der Waals surface area contributed by atoms with Gasteiger partial charge in [-0.05, 0) is 51.0 Å². The molecule has 0 aromatic carbocycles. The van der Waals surface area contributed by atoms with Crippen LogP contribution < -0.4 is 5.32 Å². The summed E-state index contributed by atoms with van der Waals surface area (Å²) < 4.78 is 10.4. The van der Waals surface area contributed by atoms with Crippen molar-refractivity contribution in [2.45, 2.75) is 64.3 Å². The summed E-state index contributed by atoms with van der Waals surface area (Å²) in [5.74, 6) is 1.01. The molecule has 1 rings (SSSR count). The Kier molecular flexibility index (Phi) is 10.4. The molecule has 0 aliphatic heterocycles. The SMILES string of the molecule is CCCC1CCC(NCCCCOCCOC)CC1. The molecule has 3 heteroatoms. The number of methoxy groups -OCH3 is 1. The Labute approximate surface area is 119 Å². The summed E-state index contributed by atoms with van der Waals surface area (Å²) in [5.41, 5.74) is 0. The molecule has 1 aliphatic carbocycles. The average molecular weight is 271 g/mol. The summed E-state index contributed by atoms with van der Waals surface area (Å²) in [6.45, 7) is 5.76. The van der Waals surface area contributed by atoms with Crippen molar-refractivity contribution in [1.29, 1.82) is 0 Å². The van der Waals surface area contributed by atoms with Crippen LogP contribution in [0.5, 0.6) is 0 Å². The molecule has 0 spiro atoms. The molecule has 0 saturated heterocycles. The first kappa shape index (κ1) is 16.9. The molecule has 0 aromatic rings. The van der Waals surface area contributed by atoms with Gasteiger partial charge in [0.05, 0.1) is 13.2 Å². The van der Waals surface area contributed by atoms with Gasteiger partial charge in [0.15, 0.2) is 0 Å². The van der Waals surface area contributed by atoms with Crippen LogP contribution in [-0.4, -0.2) is 39.5 Å². The Hall–Kier alpha value is -0.120. The molecule has 114 valence electrons. The predicted octanol–water partition coefficient (Wildman–Crippen LogP) is 3.38. The largest absolute Gasteiger partial charge is 0.382 e. The van der Waals surface area contributed by atoms with Crippen LogP contribution in [0.3, 0.4) is 0 Å². The van der Waals surface area contributed by atoms with Crippen LogP contribution in [0, 0.1) is 5.92 Å². The topological polar surface area (TPSA) is 30.5 Å². The Morgan fingerprint density at radius 1 is 1.00 bits per heavy atom. The third-order valence-electron chi connectivity index (χ3n) is 4.12. The minimum Gasteiger partial charge on any atom is -0.382 e. The first-order valence-corrected chi connectivity index (χ1v) is 8.16. The van der Waals surface area contributed by atoms with Crippen molar-refractivity contribution in [3.63, 3.8) is 0 Å². The van der Waals surface area contributed by atoms with Gasteiger partial charge in [0.2, 0.25) is 0 Å². The maximum Gasteiger partial charge on any atom is 0.0700 e. The Bertz CT molecular complexity index is 191. The van der Waals surface area contributed by atoms with Crippen LogP contribution in [0.1, 0.15) is 58.3 Å². The van der Waals surface area contributed by atoms with Gasteiger partial charge in [0, 0.05) is 19.8 Å². The van der Waals surface area contributed by atoms with E-state index in [1.54, 1.807) is 7.11 Å². The summed E-state index contributed by atoms with van der Waals surface area (Å²) in [5, 5.41) is 3.71. The molecule has 0 heterocycles. The van der Waals surface area contributed by atoms with E-state index in [2.05, 4.69) is 12.2 Å². The van der Waals surface area contributed by atoms with E-state index in [0.29, 0.717) is 6.61 Å². The van der Waals surface area contributed by atoms with E-state index in [9.17, 15) is 0 Å². The number of nitrogens with one attached hydrogen (secondary N) is 1. The highest BCUT2D eigenvalue weighted by Crippen LogP contribution is 2.27. The van der Waals surface area contributed by atoms with E-state index in [1.807, 2.05) is 0 Å². The first-order chi connectivity index (χ1) is 9.36. The molecule has 0 amide bonds. The van der Waals surface area contributed by atoms with Gasteiger partial charge in [0.1, 0.15) is 0 Å². The number of ether oxygens (including phenoxy) is 2. The number of hydrogen-bond acceptors (Lipinski definition) is 3. The summed E-state index contributed by atoms with van der Waals surface area (Å²) in [4.78, 5) is 0. The number of unbranched alkanes of at least 4 members (excludes halogenated alkanes) is 1. The van der Waals surface area contributed by atoms with E-state index < -0.39 is 0 Å². The highest BCUT2D eigenvalue weighted by atomic mass is 16.5. The van der Waals surface area contributed by atoms with Crippen LogP contribution in [0.25, 0.3) is 0 Å². The third kappa shape index (κ3) is 8.61. The zero-order valence-electron chi connectivity index (χ0n) is 13.0.